The summed E-state index contributed by atoms with van der Waals surface area (Å²) in [5.74, 6) is 0.255. The molecule has 0 fully saturated rings. The molecule has 1 heterocycles. The highest BCUT2D eigenvalue weighted by Gasteiger charge is 2.12. The largest absolute Gasteiger partial charge is 0.465 e. The van der Waals surface area contributed by atoms with Crippen molar-refractivity contribution < 1.29 is 9.53 Å². The van der Waals surface area contributed by atoms with Crippen LogP contribution in [0, 0.1) is 0 Å². The summed E-state index contributed by atoms with van der Waals surface area (Å²) in [5.41, 5.74) is 3.08. The standard InChI is InChI=1S/C19H17ClN2O2/c1-3-4-16-15-10-7-13(19(23)24-2)11-17(15)22-18(21-16)12-5-8-14(20)9-6-12/h5-11H,3-4H2,1-2H3. The molecule has 1 aromatic heterocycles. The number of rotatable bonds is 4. The third-order valence-corrected chi connectivity index (χ3v) is 4.04. The Kier molecular flexibility index (Phi) is 4.76. The van der Waals surface area contributed by atoms with E-state index in [9.17, 15) is 4.79 Å². The second-order valence-corrected chi connectivity index (χ2v) is 5.91. The predicted molar refractivity (Wildman–Crippen MR) is 95.3 cm³/mol. The van der Waals surface area contributed by atoms with E-state index in [1.807, 2.05) is 30.3 Å². The van der Waals surface area contributed by atoms with Gasteiger partial charge in [0.05, 0.1) is 23.9 Å². The van der Waals surface area contributed by atoms with Crippen molar-refractivity contribution in [3.8, 4) is 11.4 Å². The summed E-state index contributed by atoms with van der Waals surface area (Å²) >= 11 is 5.95. The van der Waals surface area contributed by atoms with Crippen LogP contribution in [0.1, 0.15) is 29.4 Å². The van der Waals surface area contributed by atoms with Crippen LogP contribution in [0.5, 0.6) is 0 Å². The van der Waals surface area contributed by atoms with Crippen molar-refractivity contribution in [3.63, 3.8) is 0 Å². The summed E-state index contributed by atoms with van der Waals surface area (Å²) in [6.07, 6.45) is 1.82. The number of hydrogen-bond acceptors (Lipinski definition) is 4. The van der Waals surface area contributed by atoms with E-state index >= 15 is 0 Å². The second kappa shape index (κ2) is 6.97. The van der Waals surface area contributed by atoms with Crippen LogP contribution in [0.4, 0.5) is 0 Å². The van der Waals surface area contributed by atoms with Gasteiger partial charge in [-0.15, -0.1) is 0 Å². The van der Waals surface area contributed by atoms with Crippen molar-refractivity contribution in [1.82, 2.24) is 9.97 Å². The third-order valence-electron chi connectivity index (χ3n) is 3.79. The molecule has 2 aromatic carbocycles. The molecule has 3 rings (SSSR count). The zero-order valence-electron chi connectivity index (χ0n) is 13.5. The lowest BCUT2D eigenvalue weighted by atomic mass is 10.1. The maximum absolute atomic E-state index is 11.8. The Morgan fingerprint density at radius 2 is 1.88 bits per heavy atom. The van der Waals surface area contributed by atoms with Crippen LogP contribution in [0.2, 0.25) is 5.02 Å². The number of esters is 1. The van der Waals surface area contributed by atoms with Crippen molar-refractivity contribution in [1.29, 1.82) is 0 Å². The van der Waals surface area contributed by atoms with Gasteiger partial charge in [-0.05, 0) is 42.8 Å². The smallest absolute Gasteiger partial charge is 0.337 e. The van der Waals surface area contributed by atoms with E-state index in [0.29, 0.717) is 16.4 Å². The maximum Gasteiger partial charge on any atom is 0.337 e. The quantitative estimate of drug-likeness (QED) is 0.646. The summed E-state index contributed by atoms with van der Waals surface area (Å²) in [7, 11) is 1.37. The topological polar surface area (TPSA) is 52.1 Å². The van der Waals surface area contributed by atoms with E-state index in [4.69, 9.17) is 21.3 Å². The average Bonchev–Trinajstić information content (AvgIpc) is 2.61. The van der Waals surface area contributed by atoms with Gasteiger partial charge >= 0.3 is 5.97 Å². The molecule has 0 N–H and O–H groups in total. The van der Waals surface area contributed by atoms with E-state index in [2.05, 4.69) is 11.9 Å². The highest BCUT2D eigenvalue weighted by atomic mass is 35.5. The Morgan fingerprint density at radius 3 is 2.54 bits per heavy atom. The minimum Gasteiger partial charge on any atom is -0.465 e. The lowest BCUT2D eigenvalue weighted by Crippen LogP contribution is -2.03. The average molecular weight is 341 g/mol. The van der Waals surface area contributed by atoms with Gasteiger partial charge in [0, 0.05) is 16.0 Å². The molecule has 0 radical (unpaired) electrons. The molecule has 0 aliphatic heterocycles. The van der Waals surface area contributed by atoms with Crippen LogP contribution in [-0.2, 0) is 11.2 Å². The van der Waals surface area contributed by atoms with Crippen LogP contribution < -0.4 is 0 Å². The lowest BCUT2D eigenvalue weighted by molar-refractivity contribution is 0.0601. The van der Waals surface area contributed by atoms with Crippen LogP contribution >= 0.6 is 11.6 Å². The summed E-state index contributed by atoms with van der Waals surface area (Å²) < 4.78 is 4.79. The molecule has 24 heavy (non-hydrogen) atoms. The first kappa shape index (κ1) is 16.4. The number of carbonyl (C=O) groups excluding carboxylic acids is 1. The van der Waals surface area contributed by atoms with E-state index < -0.39 is 0 Å². The van der Waals surface area contributed by atoms with Crippen molar-refractivity contribution >= 4 is 28.5 Å². The van der Waals surface area contributed by atoms with Crippen LogP contribution in [0.3, 0.4) is 0 Å². The van der Waals surface area contributed by atoms with Crippen molar-refractivity contribution in [2.45, 2.75) is 19.8 Å². The van der Waals surface area contributed by atoms with Gasteiger partial charge in [-0.3, -0.25) is 0 Å². The summed E-state index contributed by atoms with van der Waals surface area (Å²) in [6, 6.07) is 12.8. The number of methoxy groups -OCH3 is 1. The molecule has 4 nitrogen and oxygen atoms in total. The zero-order valence-corrected chi connectivity index (χ0v) is 14.3. The fourth-order valence-electron chi connectivity index (χ4n) is 2.60. The molecule has 0 aliphatic carbocycles. The fourth-order valence-corrected chi connectivity index (χ4v) is 2.72. The molecule has 3 aromatic rings. The van der Waals surface area contributed by atoms with Gasteiger partial charge in [0.25, 0.3) is 0 Å². The molecule has 0 atom stereocenters. The highest BCUT2D eigenvalue weighted by Crippen LogP contribution is 2.25. The summed E-state index contributed by atoms with van der Waals surface area (Å²) in [5, 5.41) is 1.63. The van der Waals surface area contributed by atoms with Gasteiger partial charge < -0.3 is 4.74 Å². The van der Waals surface area contributed by atoms with Crippen LogP contribution in [-0.4, -0.2) is 23.0 Å². The minimum absolute atomic E-state index is 0.374. The molecule has 0 saturated heterocycles. The monoisotopic (exact) mass is 340 g/mol. The van der Waals surface area contributed by atoms with E-state index in [0.717, 1.165) is 35.0 Å². The first-order valence-corrected chi connectivity index (χ1v) is 8.15. The molecule has 0 aliphatic rings. The molecule has 5 heteroatoms. The first-order valence-electron chi connectivity index (χ1n) is 7.77. The number of nitrogens with zero attached hydrogens (tertiary/aromatic N) is 2. The number of ether oxygens (including phenoxy) is 1. The normalized spacial score (nSPS) is 10.8. The van der Waals surface area contributed by atoms with E-state index in [1.54, 1.807) is 12.1 Å². The molecule has 122 valence electrons. The van der Waals surface area contributed by atoms with Gasteiger partial charge in [0.1, 0.15) is 0 Å². The number of carbonyl (C=O) groups is 1. The highest BCUT2D eigenvalue weighted by molar-refractivity contribution is 6.30. The Morgan fingerprint density at radius 1 is 1.12 bits per heavy atom. The maximum atomic E-state index is 11.8. The third kappa shape index (κ3) is 3.24. The van der Waals surface area contributed by atoms with Crippen molar-refractivity contribution in [2.24, 2.45) is 0 Å². The molecular weight excluding hydrogens is 324 g/mol. The number of benzene rings is 2. The molecule has 0 unspecified atom stereocenters. The zero-order chi connectivity index (χ0) is 17.1. The Balaban J connectivity index is 2.19. The van der Waals surface area contributed by atoms with E-state index in [-0.39, 0.29) is 5.97 Å². The minimum atomic E-state index is -0.374. The SMILES string of the molecule is CCCc1nc(-c2ccc(Cl)cc2)nc2cc(C(=O)OC)ccc12. The second-order valence-electron chi connectivity index (χ2n) is 5.47. The number of aromatic nitrogens is 2. The lowest BCUT2D eigenvalue weighted by Gasteiger charge is -2.09. The van der Waals surface area contributed by atoms with Crippen LogP contribution in [0.25, 0.3) is 22.3 Å². The molecule has 0 spiro atoms. The fraction of sp³-hybridized carbons (Fsp3) is 0.211. The molecule has 0 amide bonds. The summed E-state index contributed by atoms with van der Waals surface area (Å²) in [6.45, 7) is 2.11. The van der Waals surface area contributed by atoms with Gasteiger partial charge in [-0.25, -0.2) is 14.8 Å². The van der Waals surface area contributed by atoms with Crippen LogP contribution in [0.15, 0.2) is 42.5 Å². The number of hydrogen-bond donors (Lipinski definition) is 0. The number of aryl methyl sites for hydroxylation is 1. The number of fused-ring (bicyclic) bond motifs is 1. The number of halogens is 1. The predicted octanol–water partition coefficient (Wildman–Crippen LogP) is 4.69. The Hall–Kier alpha value is -2.46. The summed E-state index contributed by atoms with van der Waals surface area (Å²) in [4.78, 5) is 21.1. The van der Waals surface area contributed by atoms with Gasteiger partial charge in [0.2, 0.25) is 0 Å². The van der Waals surface area contributed by atoms with Crippen molar-refractivity contribution in [2.75, 3.05) is 7.11 Å². The Bertz CT molecular complexity index is 892. The molecule has 0 saturated carbocycles. The molecule has 0 bridgehead atoms. The first-order chi connectivity index (χ1) is 11.6. The van der Waals surface area contributed by atoms with E-state index in [1.165, 1.54) is 7.11 Å². The Labute approximate surface area is 145 Å². The van der Waals surface area contributed by atoms with Crippen molar-refractivity contribution in [3.05, 3.63) is 58.7 Å². The van der Waals surface area contributed by atoms with Gasteiger partial charge in [-0.1, -0.05) is 31.0 Å². The van der Waals surface area contributed by atoms with Gasteiger partial charge in [-0.2, -0.15) is 0 Å². The van der Waals surface area contributed by atoms with Gasteiger partial charge in [0.15, 0.2) is 5.82 Å². The molecular formula is C19H17ClN2O2.